The van der Waals surface area contributed by atoms with E-state index in [-0.39, 0.29) is 5.75 Å². The number of hydrogen-bond acceptors (Lipinski definition) is 5. The topological polar surface area (TPSA) is 92.8 Å². The van der Waals surface area contributed by atoms with Crippen molar-refractivity contribution in [3.8, 4) is 22.6 Å². The maximum absolute atomic E-state index is 13.4. The minimum atomic E-state index is -0.568. The summed E-state index contributed by atoms with van der Waals surface area (Å²) < 4.78 is 12.2. The lowest BCUT2D eigenvalue weighted by molar-refractivity contribution is 0.0732. The molecule has 9 heteroatoms. The third-order valence-electron chi connectivity index (χ3n) is 6.15. The van der Waals surface area contributed by atoms with Crippen LogP contribution in [0.5, 0.6) is 11.5 Å². The second-order valence-corrected chi connectivity index (χ2v) is 10.7. The SMILES string of the molecule is COc1cccc(C(=O)Oc2c(Br)cc(Br)cc2C=NNC(=O)c2[nH]c3ccc(C)cc3c2-c2ccccc2)c1. The van der Waals surface area contributed by atoms with Crippen LogP contribution in [0.2, 0.25) is 0 Å². The number of carbonyl (C=O) groups is 2. The van der Waals surface area contributed by atoms with Gasteiger partial charge in [0.1, 0.15) is 11.4 Å². The Kier molecular flexibility index (Phi) is 8.14. The van der Waals surface area contributed by atoms with Gasteiger partial charge in [0, 0.05) is 26.5 Å². The predicted octanol–water partition coefficient (Wildman–Crippen LogP) is 7.66. The summed E-state index contributed by atoms with van der Waals surface area (Å²) in [6, 6.07) is 25.9. The van der Waals surface area contributed by atoms with Crippen LogP contribution < -0.4 is 14.9 Å². The summed E-state index contributed by atoms with van der Waals surface area (Å²) in [5.74, 6) is -0.190. The molecule has 200 valence electrons. The summed E-state index contributed by atoms with van der Waals surface area (Å²) in [7, 11) is 1.53. The van der Waals surface area contributed by atoms with Gasteiger partial charge >= 0.3 is 5.97 Å². The van der Waals surface area contributed by atoms with E-state index in [4.69, 9.17) is 9.47 Å². The van der Waals surface area contributed by atoms with E-state index in [2.05, 4.69) is 53.4 Å². The summed E-state index contributed by atoms with van der Waals surface area (Å²) in [4.78, 5) is 29.5. The van der Waals surface area contributed by atoms with E-state index >= 15 is 0 Å². The fourth-order valence-corrected chi connectivity index (χ4v) is 5.62. The lowest BCUT2D eigenvalue weighted by Gasteiger charge is -2.11. The maximum Gasteiger partial charge on any atom is 0.343 e. The van der Waals surface area contributed by atoms with E-state index in [0.717, 1.165) is 32.1 Å². The lowest BCUT2D eigenvalue weighted by atomic mass is 10.0. The number of hydrazone groups is 1. The van der Waals surface area contributed by atoms with Crippen LogP contribution in [-0.4, -0.2) is 30.2 Å². The van der Waals surface area contributed by atoms with E-state index in [9.17, 15) is 9.59 Å². The molecule has 0 radical (unpaired) electrons. The normalized spacial score (nSPS) is 11.1. The van der Waals surface area contributed by atoms with Gasteiger partial charge < -0.3 is 14.5 Å². The standard InChI is InChI=1S/C31H23Br2N3O4/c1-18-11-12-26-24(13-18)27(19-7-4-3-5-8-19)28(35-26)30(37)36-34-17-21-14-22(32)16-25(33)29(21)40-31(38)20-9-6-10-23(15-20)39-2/h3-17,35H,1-2H3,(H,36,37). The van der Waals surface area contributed by atoms with E-state index < -0.39 is 11.9 Å². The number of esters is 1. The molecule has 0 spiro atoms. The number of carbonyl (C=O) groups excluding carboxylic acids is 2. The van der Waals surface area contributed by atoms with Gasteiger partial charge in [-0.1, -0.05) is 64.0 Å². The summed E-state index contributed by atoms with van der Waals surface area (Å²) in [6.07, 6.45) is 1.43. The minimum absolute atomic E-state index is 0.250. The van der Waals surface area contributed by atoms with Crippen LogP contribution in [0.3, 0.4) is 0 Å². The molecule has 1 aromatic heterocycles. The number of aromatic amines is 1. The monoisotopic (exact) mass is 659 g/mol. The van der Waals surface area contributed by atoms with Crippen LogP contribution >= 0.6 is 31.9 Å². The van der Waals surface area contributed by atoms with Crippen molar-refractivity contribution < 1.29 is 19.1 Å². The maximum atomic E-state index is 13.4. The second kappa shape index (κ2) is 11.9. The number of methoxy groups -OCH3 is 1. The molecule has 0 aliphatic heterocycles. The molecule has 7 nitrogen and oxygen atoms in total. The third kappa shape index (κ3) is 5.85. The van der Waals surface area contributed by atoms with Crippen molar-refractivity contribution in [2.24, 2.45) is 5.10 Å². The Morgan fingerprint density at radius 2 is 1.75 bits per heavy atom. The molecule has 0 saturated heterocycles. The molecule has 0 saturated carbocycles. The van der Waals surface area contributed by atoms with Gasteiger partial charge in [0.05, 0.1) is 23.4 Å². The van der Waals surface area contributed by atoms with Crippen molar-refractivity contribution in [2.75, 3.05) is 7.11 Å². The van der Waals surface area contributed by atoms with Gasteiger partial charge in [-0.25, -0.2) is 10.2 Å². The van der Waals surface area contributed by atoms with Crippen LogP contribution in [0.25, 0.3) is 22.0 Å². The highest BCUT2D eigenvalue weighted by atomic mass is 79.9. The largest absolute Gasteiger partial charge is 0.497 e. The second-order valence-electron chi connectivity index (χ2n) is 8.92. The molecule has 0 aliphatic carbocycles. The van der Waals surface area contributed by atoms with Gasteiger partial charge in [0.2, 0.25) is 0 Å². The van der Waals surface area contributed by atoms with Gasteiger partial charge in [0.15, 0.2) is 5.75 Å². The van der Waals surface area contributed by atoms with Crippen LogP contribution in [-0.2, 0) is 0 Å². The van der Waals surface area contributed by atoms with E-state index in [1.54, 1.807) is 36.4 Å². The number of hydrogen-bond donors (Lipinski definition) is 2. The number of nitrogens with zero attached hydrogens (tertiary/aromatic N) is 1. The van der Waals surface area contributed by atoms with Crippen molar-refractivity contribution >= 4 is 60.9 Å². The number of H-pyrrole nitrogens is 1. The van der Waals surface area contributed by atoms with E-state index in [0.29, 0.717) is 27.0 Å². The Balaban J connectivity index is 1.43. The molecular formula is C31H23Br2N3O4. The van der Waals surface area contributed by atoms with Crippen molar-refractivity contribution in [1.82, 2.24) is 10.4 Å². The quantitative estimate of drug-likeness (QED) is 0.0811. The predicted molar refractivity (Wildman–Crippen MR) is 163 cm³/mol. The number of fused-ring (bicyclic) bond motifs is 1. The molecule has 5 rings (SSSR count). The molecule has 4 aromatic carbocycles. The summed E-state index contributed by atoms with van der Waals surface area (Å²) >= 11 is 6.91. The lowest BCUT2D eigenvalue weighted by Crippen LogP contribution is -2.19. The van der Waals surface area contributed by atoms with Gasteiger partial charge in [0.25, 0.3) is 5.91 Å². The highest BCUT2D eigenvalue weighted by Crippen LogP contribution is 2.34. The van der Waals surface area contributed by atoms with Crippen molar-refractivity contribution in [3.63, 3.8) is 0 Å². The molecule has 0 unspecified atom stereocenters. The van der Waals surface area contributed by atoms with Crippen LogP contribution in [0.15, 0.2) is 99.0 Å². The number of aromatic nitrogens is 1. The minimum Gasteiger partial charge on any atom is -0.497 e. The molecule has 2 N–H and O–H groups in total. The average molecular weight is 661 g/mol. The molecule has 1 amide bonds. The first kappa shape index (κ1) is 27.4. The average Bonchev–Trinajstić information content (AvgIpc) is 3.34. The van der Waals surface area contributed by atoms with Crippen molar-refractivity contribution in [3.05, 3.63) is 116 Å². The highest BCUT2D eigenvalue weighted by molar-refractivity contribution is 9.11. The first-order valence-corrected chi connectivity index (χ1v) is 13.8. The van der Waals surface area contributed by atoms with Crippen LogP contribution in [0.4, 0.5) is 0 Å². The Hall–Kier alpha value is -4.21. The first-order valence-electron chi connectivity index (χ1n) is 12.2. The molecule has 5 aromatic rings. The smallest absolute Gasteiger partial charge is 0.343 e. The highest BCUT2D eigenvalue weighted by Gasteiger charge is 2.20. The van der Waals surface area contributed by atoms with Gasteiger partial charge in [-0.3, -0.25) is 4.79 Å². The molecule has 0 bridgehead atoms. The number of benzene rings is 4. The van der Waals surface area contributed by atoms with E-state index in [1.165, 1.54) is 13.3 Å². The van der Waals surface area contributed by atoms with Crippen LogP contribution in [0, 0.1) is 6.92 Å². The first-order chi connectivity index (χ1) is 19.3. The van der Waals surface area contributed by atoms with E-state index in [1.807, 2.05) is 49.4 Å². The summed E-state index contributed by atoms with van der Waals surface area (Å²) in [6.45, 7) is 2.01. The third-order valence-corrected chi connectivity index (χ3v) is 7.20. The fourth-order valence-electron chi connectivity index (χ4n) is 4.28. The Bertz CT molecular complexity index is 1760. The molecular weight excluding hydrogens is 638 g/mol. The molecule has 0 fully saturated rings. The van der Waals surface area contributed by atoms with Crippen LogP contribution in [0.1, 0.15) is 32.0 Å². The van der Waals surface area contributed by atoms with Crippen molar-refractivity contribution in [2.45, 2.75) is 6.92 Å². The molecule has 0 aliphatic rings. The number of nitrogens with one attached hydrogen (secondary N) is 2. The van der Waals surface area contributed by atoms with Gasteiger partial charge in [-0.05, 0) is 70.9 Å². The Morgan fingerprint density at radius 3 is 2.52 bits per heavy atom. The van der Waals surface area contributed by atoms with Crippen molar-refractivity contribution in [1.29, 1.82) is 0 Å². The summed E-state index contributed by atoms with van der Waals surface area (Å²) in [5, 5.41) is 5.14. The van der Waals surface area contributed by atoms with Gasteiger partial charge in [-0.2, -0.15) is 5.10 Å². The number of aryl methyl sites for hydroxylation is 1. The molecule has 1 heterocycles. The molecule has 40 heavy (non-hydrogen) atoms. The zero-order chi connectivity index (χ0) is 28.2. The Morgan fingerprint density at radius 1 is 0.950 bits per heavy atom. The van der Waals surface area contributed by atoms with Gasteiger partial charge in [-0.15, -0.1) is 0 Å². The molecule has 0 atom stereocenters. The number of rotatable bonds is 7. The number of amides is 1. The fraction of sp³-hybridized carbons (Fsp3) is 0.0645. The zero-order valence-corrected chi connectivity index (χ0v) is 24.7. The zero-order valence-electron chi connectivity index (χ0n) is 21.5. The summed E-state index contributed by atoms with van der Waals surface area (Å²) in [5.41, 5.74) is 7.44. The number of ether oxygens (including phenoxy) is 2. The number of halogens is 2. The Labute approximate surface area is 247 Å².